The molecule has 1 fully saturated rings. The molecule has 7 heteroatoms. The number of methoxy groups -OCH3 is 2. The molecule has 1 aliphatic rings. The summed E-state index contributed by atoms with van der Waals surface area (Å²) in [7, 11) is 4.99. The molecule has 3 rings (SSSR count). The smallest absolute Gasteiger partial charge is 0.219 e. The van der Waals surface area contributed by atoms with E-state index < -0.39 is 0 Å². The molecule has 1 aromatic heterocycles. The number of para-hydroxylation sites is 1. The molecular formula is C23H32N4O3. The van der Waals surface area contributed by atoms with Crippen molar-refractivity contribution in [1.29, 1.82) is 0 Å². The number of hydrogen-bond donors (Lipinski definition) is 2. The molecule has 1 aliphatic carbocycles. The molecule has 1 aromatic carbocycles. The van der Waals surface area contributed by atoms with E-state index in [0.29, 0.717) is 35.1 Å². The van der Waals surface area contributed by atoms with Gasteiger partial charge in [-0.15, -0.1) is 0 Å². The highest BCUT2D eigenvalue weighted by molar-refractivity contribution is 5.79. The first-order valence-electron chi connectivity index (χ1n) is 10.4. The van der Waals surface area contributed by atoms with E-state index in [-0.39, 0.29) is 0 Å². The quantitative estimate of drug-likeness (QED) is 0.476. The third-order valence-electron chi connectivity index (χ3n) is 5.87. The fourth-order valence-corrected chi connectivity index (χ4v) is 3.61. The van der Waals surface area contributed by atoms with Crippen molar-refractivity contribution in [1.82, 2.24) is 15.6 Å². The Bertz CT molecular complexity index is 820. The highest BCUT2D eigenvalue weighted by atomic mass is 16.5. The normalized spacial score (nSPS) is 15.1. The summed E-state index contributed by atoms with van der Waals surface area (Å²) in [5, 5.41) is 6.82. The maximum absolute atomic E-state index is 5.91. The first kappa shape index (κ1) is 21.7. The summed E-state index contributed by atoms with van der Waals surface area (Å²) in [4.78, 5) is 8.75. The van der Waals surface area contributed by atoms with Crippen molar-refractivity contribution >= 4 is 5.96 Å². The molecule has 0 amide bonds. The molecule has 1 saturated carbocycles. The fraction of sp³-hybridized carbons (Fsp3) is 0.478. The Hall–Kier alpha value is -2.96. The van der Waals surface area contributed by atoms with E-state index in [1.165, 1.54) is 25.7 Å². The van der Waals surface area contributed by atoms with Gasteiger partial charge in [-0.1, -0.05) is 25.5 Å². The Balaban J connectivity index is 1.56. The van der Waals surface area contributed by atoms with Gasteiger partial charge in [-0.25, -0.2) is 4.98 Å². The summed E-state index contributed by atoms with van der Waals surface area (Å²) < 4.78 is 16.6. The number of nitrogens with one attached hydrogen (secondary N) is 2. The lowest BCUT2D eigenvalue weighted by atomic mass is 9.67. The number of nitrogens with zero attached hydrogens (tertiary/aromatic N) is 2. The number of hydrogen-bond acceptors (Lipinski definition) is 5. The zero-order valence-corrected chi connectivity index (χ0v) is 18.3. The SMILES string of the molecule is CCC1(CNC(=NC)NCc2ccc(Oc3c(OC)cccc3OC)nc2)CCC1. The van der Waals surface area contributed by atoms with Crippen molar-refractivity contribution in [3.05, 3.63) is 42.1 Å². The van der Waals surface area contributed by atoms with Crippen molar-refractivity contribution in [3.8, 4) is 23.1 Å². The summed E-state index contributed by atoms with van der Waals surface area (Å²) in [6.07, 6.45) is 6.93. The number of benzene rings is 1. The van der Waals surface area contributed by atoms with E-state index in [9.17, 15) is 0 Å². The minimum Gasteiger partial charge on any atom is -0.493 e. The minimum absolute atomic E-state index is 0.442. The molecule has 0 radical (unpaired) electrons. The molecule has 7 nitrogen and oxygen atoms in total. The average Bonchev–Trinajstić information content (AvgIpc) is 2.76. The van der Waals surface area contributed by atoms with Crippen LogP contribution in [0.1, 0.15) is 38.2 Å². The van der Waals surface area contributed by atoms with Gasteiger partial charge >= 0.3 is 0 Å². The van der Waals surface area contributed by atoms with Crippen LogP contribution in [0, 0.1) is 5.41 Å². The summed E-state index contributed by atoms with van der Waals surface area (Å²) in [6, 6.07) is 9.30. The van der Waals surface area contributed by atoms with Crippen molar-refractivity contribution in [2.45, 2.75) is 39.2 Å². The molecule has 162 valence electrons. The van der Waals surface area contributed by atoms with Gasteiger partial charge in [0.1, 0.15) is 0 Å². The summed E-state index contributed by atoms with van der Waals surface area (Å²) in [6.45, 7) is 3.87. The summed E-state index contributed by atoms with van der Waals surface area (Å²) >= 11 is 0. The summed E-state index contributed by atoms with van der Waals surface area (Å²) in [5.74, 6) is 2.97. The Labute approximate surface area is 178 Å². The standard InChI is InChI=1S/C23H32N4O3/c1-5-23(12-7-13-23)16-27-22(24-2)26-15-17-10-11-20(25-14-17)30-21-18(28-3)8-6-9-19(21)29-4/h6,8-11,14H,5,7,12-13,15-16H2,1-4H3,(H2,24,26,27). The van der Waals surface area contributed by atoms with Crippen LogP contribution in [-0.4, -0.2) is 38.8 Å². The monoisotopic (exact) mass is 412 g/mol. The largest absolute Gasteiger partial charge is 0.493 e. The van der Waals surface area contributed by atoms with Crippen LogP contribution in [0.2, 0.25) is 0 Å². The van der Waals surface area contributed by atoms with Crippen molar-refractivity contribution in [3.63, 3.8) is 0 Å². The highest BCUT2D eigenvalue weighted by Gasteiger charge is 2.34. The lowest BCUT2D eigenvalue weighted by molar-refractivity contribution is 0.131. The van der Waals surface area contributed by atoms with E-state index in [1.807, 2.05) is 30.3 Å². The first-order valence-corrected chi connectivity index (χ1v) is 10.4. The van der Waals surface area contributed by atoms with Crippen LogP contribution < -0.4 is 24.8 Å². The van der Waals surface area contributed by atoms with Crippen LogP contribution in [0.4, 0.5) is 0 Å². The Morgan fingerprint density at radius 1 is 1.10 bits per heavy atom. The maximum Gasteiger partial charge on any atom is 0.219 e. The topological polar surface area (TPSA) is 77.0 Å². The Morgan fingerprint density at radius 2 is 1.83 bits per heavy atom. The van der Waals surface area contributed by atoms with E-state index in [0.717, 1.165) is 18.1 Å². The predicted molar refractivity (Wildman–Crippen MR) is 119 cm³/mol. The van der Waals surface area contributed by atoms with Crippen LogP contribution in [0.25, 0.3) is 0 Å². The number of pyridine rings is 1. The molecule has 0 bridgehead atoms. The van der Waals surface area contributed by atoms with Crippen molar-refractivity contribution in [2.75, 3.05) is 27.8 Å². The molecule has 2 aromatic rings. The number of aliphatic imine (C=N–C) groups is 1. The number of rotatable bonds is 9. The number of guanidine groups is 1. The van der Waals surface area contributed by atoms with Gasteiger partial charge in [0.2, 0.25) is 11.6 Å². The Kier molecular flexibility index (Phi) is 7.38. The fourth-order valence-electron chi connectivity index (χ4n) is 3.61. The molecule has 2 N–H and O–H groups in total. The zero-order valence-electron chi connectivity index (χ0n) is 18.3. The van der Waals surface area contributed by atoms with E-state index in [1.54, 1.807) is 27.5 Å². The lowest BCUT2D eigenvalue weighted by Crippen LogP contribution is -2.46. The van der Waals surface area contributed by atoms with Gasteiger partial charge in [0.25, 0.3) is 0 Å². The van der Waals surface area contributed by atoms with Gasteiger partial charge in [0.05, 0.1) is 14.2 Å². The molecule has 0 unspecified atom stereocenters. The molecule has 0 saturated heterocycles. The van der Waals surface area contributed by atoms with Crippen LogP contribution in [-0.2, 0) is 6.54 Å². The second-order valence-electron chi connectivity index (χ2n) is 7.58. The van der Waals surface area contributed by atoms with Crippen molar-refractivity contribution in [2.24, 2.45) is 10.4 Å². The third-order valence-corrected chi connectivity index (χ3v) is 5.87. The van der Waals surface area contributed by atoms with Crippen LogP contribution in [0.5, 0.6) is 23.1 Å². The zero-order chi connectivity index (χ0) is 21.4. The van der Waals surface area contributed by atoms with Gasteiger partial charge < -0.3 is 24.8 Å². The van der Waals surface area contributed by atoms with Gasteiger partial charge in [0, 0.05) is 32.4 Å². The van der Waals surface area contributed by atoms with Crippen LogP contribution in [0.15, 0.2) is 41.5 Å². The first-order chi connectivity index (χ1) is 14.6. The Morgan fingerprint density at radius 3 is 2.33 bits per heavy atom. The van der Waals surface area contributed by atoms with Gasteiger partial charge in [-0.3, -0.25) is 4.99 Å². The third kappa shape index (κ3) is 5.14. The van der Waals surface area contributed by atoms with Gasteiger partial charge in [0.15, 0.2) is 17.5 Å². The molecule has 0 spiro atoms. The van der Waals surface area contributed by atoms with E-state index in [2.05, 4.69) is 27.5 Å². The maximum atomic E-state index is 5.91. The van der Waals surface area contributed by atoms with Gasteiger partial charge in [-0.2, -0.15) is 0 Å². The van der Waals surface area contributed by atoms with E-state index in [4.69, 9.17) is 14.2 Å². The predicted octanol–water partition coefficient (Wildman–Crippen LogP) is 4.14. The second kappa shape index (κ2) is 10.2. The molecule has 30 heavy (non-hydrogen) atoms. The molecule has 0 aliphatic heterocycles. The second-order valence-corrected chi connectivity index (χ2v) is 7.58. The lowest BCUT2D eigenvalue weighted by Gasteiger charge is -2.41. The molecule has 1 heterocycles. The number of aromatic nitrogens is 1. The van der Waals surface area contributed by atoms with Crippen molar-refractivity contribution < 1.29 is 14.2 Å². The molecular weight excluding hydrogens is 380 g/mol. The highest BCUT2D eigenvalue weighted by Crippen LogP contribution is 2.43. The van der Waals surface area contributed by atoms with Crippen LogP contribution in [0.3, 0.4) is 0 Å². The molecule has 0 atom stereocenters. The number of ether oxygens (including phenoxy) is 3. The minimum atomic E-state index is 0.442. The van der Waals surface area contributed by atoms with E-state index >= 15 is 0 Å². The van der Waals surface area contributed by atoms with Gasteiger partial charge in [-0.05, 0) is 42.4 Å². The van der Waals surface area contributed by atoms with Crippen LogP contribution >= 0.6 is 0 Å². The average molecular weight is 413 g/mol. The summed E-state index contributed by atoms with van der Waals surface area (Å²) in [5.41, 5.74) is 1.48.